The SMILES string of the molecule is CCOC(=O)C1=C(C)N=c2s/c(=C\c3ccc(-c4ccc([N+](=O)[O-])cc4OC)o3)c(=O)n2[C@H]1c1ccc(OC)cc1OC. The van der Waals surface area contributed by atoms with Crippen LogP contribution in [0, 0.1) is 10.1 Å². The lowest BCUT2D eigenvalue weighted by molar-refractivity contribution is -0.384. The van der Waals surface area contributed by atoms with E-state index in [4.69, 9.17) is 23.4 Å². The minimum Gasteiger partial charge on any atom is -0.497 e. The molecular weight excluding hydrogens is 578 g/mol. The third kappa shape index (κ3) is 5.42. The van der Waals surface area contributed by atoms with Crippen LogP contribution in [0.4, 0.5) is 5.69 Å². The molecule has 1 aliphatic rings. The summed E-state index contributed by atoms with van der Waals surface area (Å²) in [6, 6.07) is 11.8. The number of rotatable bonds is 9. The maximum absolute atomic E-state index is 14.0. The summed E-state index contributed by atoms with van der Waals surface area (Å²) in [5, 5.41) is 11.2. The van der Waals surface area contributed by atoms with Crippen molar-refractivity contribution in [2.45, 2.75) is 19.9 Å². The minimum absolute atomic E-state index is 0.117. The number of nitrogens with zero attached hydrogens (tertiary/aromatic N) is 3. The van der Waals surface area contributed by atoms with E-state index in [1.807, 2.05) is 0 Å². The highest BCUT2D eigenvalue weighted by molar-refractivity contribution is 7.07. The number of hydrogen-bond acceptors (Lipinski definition) is 11. The fourth-order valence-corrected chi connectivity index (χ4v) is 5.86. The van der Waals surface area contributed by atoms with Gasteiger partial charge in [0.2, 0.25) is 0 Å². The zero-order chi connectivity index (χ0) is 30.8. The summed E-state index contributed by atoms with van der Waals surface area (Å²) in [5.41, 5.74) is 1.18. The Hall–Kier alpha value is -5.17. The highest BCUT2D eigenvalue weighted by atomic mass is 32.1. The van der Waals surface area contributed by atoms with E-state index >= 15 is 0 Å². The molecule has 0 spiro atoms. The van der Waals surface area contributed by atoms with Crippen molar-refractivity contribution in [3.05, 3.63) is 101 Å². The van der Waals surface area contributed by atoms with Crippen molar-refractivity contribution in [3.63, 3.8) is 0 Å². The topological polar surface area (TPSA) is 145 Å². The van der Waals surface area contributed by atoms with Crippen molar-refractivity contribution in [2.75, 3.05) is 27.9 Å². The fourth-order valence-electron chi connectivity index (χ4n) is 4.83. The normalized spacial score (nSPS) is 14.6. The molecule has 0 fully saturated rings. The van der Waals surface area contributed by atoms with Gasteiger partial charge in [0.15, 0.2) is 4.80 Å². The Bertz CT molecular complexity index is 1950. The van der Waals surface area contributed by atoms with Gasteiger partial charge in [0.25, 0.3) is 11.2 Å². The molecule has 0 saturated heterocycles. The molecule has 0 saturated carbocycles. The number of thiazole rings is 1. The molecule has 13 heteroatoms. The average Bonchev–Trinajstić information content (AvgIpc) is 3.59. The van der Waals surface area contributed by atoms with Gasteiger partial charge < -0.3 is 23.4 Å². The number of carbonyl (C=O) groups excluding carboxylic acids is 1. The molecule has 0 unspecified atom stereocenters. The molecule has 0 bridgehead atoms. The quantitative estimate of drug-likeness (QED) is 0.157. The van der Waals surface area contributed by atoms with Crippen LogP contribution in [-0.2, 0) is 9.53 Å². The smallest absolute Gasteiger partial charge is 0.338 e. The lowest BCUT2D eigenvalue weighted by Gasteiger charge is -2.26. The summed E-state index contributed by atoms with van der Waals surface area (Å²) in [5.74, 6) is 1.40. The molecule has 0 amide bonds. The van der Waals surface area contributed by atoms with Gasteiger partial charge >= 0.3 is 5.97 Å². The number of esters is 1. The third-order valence-electron chi connectivity index (χ3n) is 6.81. The summed E-state index contributed by atoms with van der Waals surface area (Å²) in [4.78, 5) is 42.8. The van der Waals surface area contributed by atoms with Gasteiger partial charge in [-0.05, 0) is 44.2 Å². The third-order valence-corrected chi connectivity index (χ3v) is 7.80. The molecule has 0 radical (unpaired) electrons. The number of benzene rings is 2. The first kappa shape index (κ1) is 29.3. The number of carbonyl (C=O) groups is 1. The van der Waals surface area contributed by atoms with E-state index in [9.17, 15) is 19.7 Å². The van der Waals surface area contributed by atoms with Crippen molar-refractivity contribution in [2.24, 2.45) is 4.99 Å². The first-order valence-electron chi connectivity index (χ1n) is 13.0. The number of ether oxygens (including phenoxy) is 4. The van der Waals surface area contributed by atoms with E-state index in [1.165, 1.54) is 44.1 Å². The second-order valence-corrected chi connectivity index (χ2v) is 10.3. The molecule has 5 rings (SSSR count). The standard InChI is InChI=1S/C30H27N3O9S/c1-6-41-29(35)26-16(2)31-30-32(27(26)21-11-8-18(38-3)14-24(21)40-5)28(34)25(43-30)15-19-9-12-22(42-19)20-10-7-17(33(36)37)13-23(20)39-4/h7-15,27H,6H2,1-5H3/b25-15-/t27-/m0/s1. The Morgan fingerprint density at radius 1 is 1.09 bits per heavy atom. The number of aromatic nitrogens is 1. The number of hydrogen-bond donors (Lipinski definition) is 0. The zero-order valence-corrected chi connectivity index (χ0v) is 24.7. The molecule has 0 N–H and O–H groups in total. The Kier molecular flexibility index (Phi) is 8.17. The number of methoxy groups -OCH3 is 3. The van der Waals surface area contributed by atoms with Crippen molar-refractivity contribution < 1.29 is 33.1 Å². The minimum atomic E-state index is -0.880. The number of furan rings is 1. The van der Waals surface area contributed by atoms with Crippen LogP contribution in [0.5, 0.6) is 17.2 Å². The van der Waals surface area contributed by atoms with Crippen LogP contribution in [0.25, 0.3) is 17.4 Å². The van der Waals surface area contributed by atoms with Crippen LogP contribution in [0.3, 0.4) is 0 Å². The predicted molar refractivity (Wildman–Crippen MR) is 157 cm³/mol. The average molecular weight is 606 g/mol. The van der Waals surface area contributed by atoms with Gasteiger partial charge in [-0.1, -0.05) is 11.3 Å². The molecular formula is C30H27N3O9S. The van der Waals surface area contributed by atoms with Gasteiger partial charge in [0.05, 0.1) is 60.3 Å². The first-order chi connectivity index (χ1) is 20.7. The molecule has 4 aromatic rings. The Balaban J connectivity index is 1.64. The molecule has 222 valence electrons. The summed E-state index contributed by atoms with van der Waals surface area (Å²) in [6.45, 7) is 3.55. The molecule has 1 aliphatic heterocycles. The maximum atomic E-state index is 14.0. The highest BCUT2D eigenvalue weighted by Gasteiger charge is 2.35. The Labute approximate surface area is 248 Å². The van der Waals surface area contributed by atoms with Crippen LogP contribution in [0.15, 0.2) is 74.0 Å². The summed E-state index contributed by atoms with van der Waals surface area (Å²) in [6.07, 6.45) is 1.58. The van der Waals surface area contributed by atoms with Gasteiger partial charge in [0.1, 0.15) is 34.8 Å². The van der Waals surface area contributed by atoms with E-state index in [1.54, 1.807) is 50.3 Å². The van der Waals surface area contributed by atoms with E-state index in [0.717, 1.165) is 11.3 Å². The van der Waals surface area contributed by atoms with E-state index in [-0.39, 0.29) is 23.6 Å². The van der Waals surface area contributed by atoms with Crippen molar-refractivity contribution in [1.82, 2.24) is 4.57 Å². The molecule has 2 aromatic heterocycles. The van der Waals surface area contributed by atoms with Crippen molar-refractivity contribution in [3.8, 4) is 28.6 Å². The fraction of sp³-hybridized carbons (Fsp3) is 0.233. The molecule has 43 heavy (non-hydrogen) atoms. The van der Waals surface area contributed by atoms with Gasteiger partial charge in [0, 0.05) is 23.8 Å². The molecule has 12 nitrogen and oxygen atoms in total. The van der Waals surface area contributed by atoms with Crippen LogP contribution < -0.4 is 29.1 Å². The van der Waals surface area contributed by atoms with Gasteiger partial charge in [-0.15, -0.1) is 0 Å². The number of allylic oxidation sites excluding steroid dienone is 1. The number of non-ortho nitro benzene ring substituents is 1. The summed E-state index contributed by atoms with van der Waals surface area (Å²) < 4.78 is 29.4. The molecule has 3 heterocycles. The van der Waals surface area contributed by atoms with Crippen molar-refractivity contribution >= 4 is 29.1 Å². The summed E-state index contributed by atoms with van der Waals surface area (Å²) >= 11 is 1.14. The number of nitro groups is 1. The first-order valence-corrected chi connectivity index (χ1v) is 13.9. The Morgan fingerprint density at radius 3 is 2.53 bits per heavy atom. The monoisotopic (exact) mass is 605 g/mol. The molecule has 2 aromatic carbocycles. The Morgan fingerprint density at radius 2 is 1.86 bits per heavy atom. The van der Waals surface area contributed by atoms with Gasteiger partial charge in [-0.2, -0.15) is 0 Å². The maximum Gasteiger partial charge on any atom is 0.338 e. The van der Waals surface area contributed by atoms with E-state index in [2.05, 4.69) is 4.99 Å². The summed E-state index contributed by atoms with van der Waals surface area (Å²) in [7, 11) is 4.44. The largest absolute Gasteiger partial charge is 0.497 e. The molecule has 1 atom stereocenters. The molecule has 0 aliphatic carbocycles. The van der Waals surface area contributed by atoms with Gasteiger partial charge in [-0.25, -0.2) is 9.79 Å². The van der Waals surface area contributed by atoms with Crippen LogP contribution in [0.1, 0.15) is 31.2 Å². The van der Waals surface area contributed by atoms with E-state index in [0.29, 0.717) is 49.2 Å². The lowest BCUT2D eigenvalue weighted by atomic mass is 9.95. The lowest BCUT2D eigenvalue weighted by Crippen LogP contribution is -2.40. The second kappa shape index (κ2) is 12.0. The zero-order valence-electron chi connectivity index (χ0n) is 23.9. The highest BCUT2D eigenvalue weighted by Crippen LogP contribution is 2.38. The van der Waals surface area contributed by atoms with E-state index < -0.39 is 22.5 Å². The second-order valence-electron chi connectivity index (χ2n) is 9.25. The van der Waals surface area contributed by atoms with Crippen LogP contribution in [-0.4, -0.2) is 43.4 Å². The van der Waals surface area contributed by atoms with Gasteiger partial charge in [-0.3, -0.25) is 19.5 Å². The predicted octanol–water partition coefficient (Wildman–Crippen LogP) is 3.99. The number of nitro benzene ring substituents is 1. The van der Waals surface area contributed by atoms with Crippen LogP contribution >= 0.6 is 11.3 Å². The van der Waals surface area contributed by atoms with Crippen LogP contribution in [0.2, 0.25) is 0 Å². The number of fused-ring (bicyclic) bond motifs is 1. The van der Waals surface area contributed by atoms with Crippen molar-refractivity contribution in [1.29, 1.82) is 0 Å².